The smallest absolute Gasteiger partial charge is 0.260 e. The number of hydrogen-bond acceptors (Lipinski definition) is 6. The van der Waals surface area contributed by atoms with Gasteiger partial charge in [0.2, 0.25) is 0 Å². The number of fused-ring (bicyclic) bond motifs is 1. The van der Waals surface area contributed by atoms with Crippen molar-refractivity contribution in [2.75, 3.05) is 39.4 Å². The van der Waals surface area contributed by atoms with Gasteiger partial charge in [0.05, 0.1) is 18.1 Å². The standard InChI is InChI=1S/C17H20N4O5S/c22-17(13-3-1-4-14-16(13)26-10-9-25-14)20-5-2-6-21(8-7-20)27(23,24)15-11-18-12-19-15/h1,3-4,11-12H,2,5-10H2,(H,18,19). The second kappa shape index (κ2) is 7.20. The van der Waals surface area contributed by atoms with Crippen molar-refractivity contribution in [1.82, 2.24) is 19.2 Å². The Bertz CT molecular complexity index is 929. The molecule has 0 unspecified atom stereocenters. The number of para-hydroxylation sites is 1. The zero-order chi connectivity index (χ0) is 18.9. The summed E-state index contributed by atoms with van der Waals surface area (Å²) >= 11 is 0. The van der Waals surface area contributed by atoms with Crippen molar-refractivity contribution in [1.29, 1.82) is 0 Å². The molecule has 2 aliphatic heterocycles. The number of sulfonamides is 1. The van der Waals surface area contributed by atoms with Crippen molar-refractivity contribution in [3.05, 3.63) is 36.3 Å². The molecule has 0 radical (unpaired) electrons. The summed E-state index contributed by atoms with van der Waals surface area (Å²) in [6, 6.07) is 5.24. The number of aromatic amines is 1. The van der Waals surface area contributed by atoms with Gasteiger partial charge in [-0.2, -0.15) is 4.31 Å². The van der Waals surface area contributed by atoms with Crippen LogP contribution in [0.1, 0.15) is 16.8 Å². The van der Waals surface area contributed by atoms with E-state index in [-0.39, 0.29) is 17.5 Å². The van der Waals surface area contributed by atoms with Crippen LogP contribution in [0.4, 0.5) is 0 Å². The zero-order valence-electron chi connectivity index (χ0n) is 14.6. The number of ether oxygens (including phenoxy) is 2. The molecule has 0 saturated carbocycles. The predicted molar refractivity (Wildman–Crippen MR) is 95.3 cm³/mol. The van der Waals surface area contributed by atoms with Crippen molar-refractivity contribution in [3.8, 4) is 11.5 Å². The van der Waals surface area contributed by atoms with Gasteiger partial charge < -0.3 is 19.4 Å². The van der Waals surface area contributed by atoms with E-state index in [0.717, 1.165) is 0 Å². The summed E-state index contributed by atoms with van der Waals surface area (Å²) in [5.41, 5.74) is 0.442. The Labute approximate surface area is 156 Å². The number of nitrogens with one attached hydrogen (secondary N) is 1. The number of carbonyl (C=O) groups is 1. The molecule has 1 aromatic heterocycles. The maximum absolute atomic E-state index is 13.0. The molecule has 9 nitrogen and oxygen atoms in total. The highest BCUT2D eigenvalue weighted by molar-refractivity contribution is 7.89. The van der Waals surface area contributed by atoms with E-state index in [0.29, 0.717) is 56.3 Å². The van der Waals surface area contributed by atoms with Crippen molar-refractivity contribution < 1.29 is 22.7 Å². The van der Waals surface area contributed by atoms with Crippen molar-refractivity contribution >= 4 is 15.9 Å². The molecular formula is C17H20N4O5S. The number of rotatable bonds is 3. The van der Waals surface area contributed by atoms with Gasteiger partial charge in [-0.15, -0.1) is 0 Å². The van der Waals surface area contributed by atoms with Crippen LogP contribution in [0.3, 0.4) is 0 Å². The van der Waals surface area contributed by atoms with E-state index in [1.807, 2.05) is 0 Å². The predicted octanol–water partition coefficient (Wildman–Crippen LogP) is 0.718. The molecule has 2 aromatic rings. The molecule has 2 aliphatic rings. The van der Waals surface area contributed by atoms with Crippen LogP contribution in [-0.4, -0.2) is 72.9 Å². The lowest BCUT2D eigenvalue weighted by molar-refractivity contribution is 0.0753. The summed E-state index contributed by atoms with van der Waals surface area (Å²) in [6.07, 6.45) is 3.17. The molecule has 3 heterocycles. The Hall–Kier alpha value is -2.59. The minimum absolute atomic E-state index is 0.0601. The lowest BCUT2D eigenvalue weighted by Crippen LogP contribution is -2.37. The first kappa shape index (κ1) is 17.8. The van der Waals surface area contributed by atoms with Gasteiger partial charge in [0.1, 0.15) is 13.2 Å². The van der Waals surface area contributed by atoms with Gasteiger partial charge in [0.15, 0.2) is 16.5 Å². The molecule has 4 rings (SSSR count). The number of imidazole rings is 1. The van der Waals surface area contributed by atoms with Crippen molar-refractivity contribution in [3.63, 3.8) is 0 Å². The second-order valence-corrected chi connectivity index (χ2v) is 8.20. The zero-order valence-corrected chi connectivity index (χ0v) is 15.4. The lowest BCUT2D eigenvalue weighted by Gasteiger charge is -2.25. The molecule has 0 aliphatic carbocycles. The average molecular weight is 392 g/mol. The third-order valence-corrected chi connectivity index (χ3v) is 6.45. The van der Waals surface area contributed by atoms with E-state index in [9.17, 15) is 13.2 Å². The molecule has 0 spiro atoms. The minimum atomic E-state index is -3.64. The number of nitrogens with zero attached hydrogens (tertiary/aromatic N) is 3. The molecule has 144 valence electrons. The van der Waals surface area contributed by atoms with E-state index < -0.39 is 10.0 Å². The normalized spacial score (nSPS) is 18.1. The number of carbonyl (C=O) groups excluding carboxylic acids is 1. The van der Waals surface area contributed by atoms with E-state index in [2.05, 4.69) is 9.97 Å². The van der Waals surface area contributed by atoms with Crippen LogP contribution in [0.15, 0.2) is 35.7 Å². The molecule has 1 aromatic carbocycles. The Balaban J connectivity index is 1.51. The highest BCUT2D eigenvalue weighted by Crippen LogP contribution is 2.34. The van der Waals surface area contributed by atoms with Crippen LogP contribution >= 0.6 is 0 Å². The molecule has 1 amide bonds. The summed E-state index contributed by atoms with van der Waals surface area (Å²) in [6.45, 7) is 2.19. The third-order valence-electron chi connectivity index (χ3n) is 4.63. The molecule has 10 heteroatoms. The maximum Gasteiger partial charge on any atom is 0.260 e. The van der Waals surface area contributed by atoms with Crippen LogP contribution in [0.25, 0.3) is 0 Å². The van der Waals surface area contributed by atoms with Crippen molar-refractivity contribution in [2.45, 2.75) is 11.4 Å². The van der Waals surface area contributed by atoms with Gasteiger partial charge >= 0.3 is 0 Å². The van der Waals surface area contributed by atoms with Gasteiger partial charge in [-0.3, -0.25) is 4.79 Å². The maximum atomic E-state index is 13.0. The van der Waals surface area contributed by atoms with Crippen LogP contribution in [0.2, 0.25) is 0 Å². The summed E-state index contributed by atoms with van der Waals surface area (Å²) in [7, 11) is -3.64. The van der Waals surface area contributed by atoms with Gasteiger partial charge in [0, 0.05) is 26.2 Å². The monoisotopic (exact) mass is 392 g/mol. The Morgan fingerprint density at radius 1 is 1.11 bits per heavy atom. The SMILES string of the molecule is O=C(c1cccc2c1OCCO2)N1CCCN(S(=O)(=O)c2cnc[nH]2)CC1. The number of benzene rings is 1. The summed E-state index contributed by atoms with van der Waals surface area (Å²) < 4.78 is 37.9. The van der Waals surface area contributed by atoms with Crippen LogP contribution < -0.4 is 9.47 Å². The number of amides is 1. The first-order valence-corrected chi connectivity index (χ1v) is 10.2. The molecule has 0 bridgehead atoms. The van der Waals surface area contributed by atoms with Crippen LogP contribution in [0, 0.1) is 0 Å². The Kier molecular flexibility index (Phi) is 4.75. The molecule has 1 saturated heterocycles. The molecular weight excluding hydrogens is 372 g/mol. The quantitative estimate of drug-likeness (QED) is 0.825. The van der Waals surface area contributed by atoms with Gasteiger partial charge in [-0.1, -0.05) is 6.07 Å². The van der Waals surface area contributed by atoms with E-state index in [4.69, 9.17) is 9.47 Å². The number of aromatic nitrogens is 2. The van der Waals surface area contributed by atoms with Gasteiger partial charge in [0.25, 0.3) is 15.9 Å². The van der Waals surface area contributed by atoms with Crippen molar-refractivity contribution in [2.24, 2.45) is 0 Å². The average Bonchev–Trinajstić information content (AvgIpc) is 3.12. The molecule has 0 atom stereocenters. The third kappa shape index (κ3) is 3.37. The fourth-order valence-corrected chi connectivity index (χ4v) is 4.64. The van der Waals surface area contributed by atoms with E-state index in [1.165, 1.54) is 16.8 Å². The fourth-order valence-electron chi connectivity index (χ4n) is 3.27. The lowest BCUT2D eigenvalue weighted by atomic mass is 10.1. The summed E-state index contributed by atoms with van der Waals surface area (Å²) in [4.78, 5) is 21.1. The molecule has 1 N–H and O–H groups in total. The minimum Gasteiger partial charge on any atom is -0.486 e. The van der Waals surface area contributed by atoms with Gasteiger partial charge in [-0.25, -0.2) is 13.4 Å². The Morgan fingerprint density at radius 2 is 1.96 bits per heavy atom. The molecule has 1 fully saturated rings. The Morgan fingerprint density at radius 3 is 2.78 bits per heavy atom. The summed E-state index contributed by atoms with van der Waals surface area (Å²) in [5.74, 6) is 0.837. The highest BCUT2D eigenvalue weighted by Gasteiger charge is 2.31. The fraction of sp³-hybridized carbons (Fsp3) is 0.412. The number of H-pyrrole nitrogens is 1. The first-order chi connectivity index (χ1) is 13.1. The largest absolute Gasteiger partial charge is 0.486 e. The molecule has 27 heavy (non-hydrogen) atoms. The van der Waals surface area contributed by atoms with E-state index >= 15 is 0 Å². The van der Waals surface area contributed by atoms with Crippen LogP contribution in [0.5, 0.6) is 11.5 Å². The topological polar surface area (TPSA) is 105 Å². The van der Waals surface area contributed by atoms with Gasteiger partial charge in [-0.05, 0) is 18.6 Å². The highest BCUT2D eigenvalue weighted by atomic mass is 32.2. The van der Waals surface area contributed by atoms with Crippen LogP contribution in [-0.2, 0) is 10.0 Å². The summed E-state index contributed by atoms with van der Waals surface area (Å²) in [5, 5.41) is 0.0601. The number of hydrogen-bond donors (Lipinski definition) is 1. The second-order valence-electron chi connectivity index (χ2n) is 6.30. The van der Waals surface area contributed by atoms with E-state index in [1.54, 1.807) is 23.1 Å². The first-order valence-electron chi connectivity index (χ1n) is 8.74.